The van der Waals surface area contributed by atoms with E-state index >= 15 is 0 Å². The van der Waals surface area contributed by atoms with Crippen molar-refractivity contribution in [2.24, 2.45) is 0 Å². The summed E-state index contributed by atoms with van der Waals surface area (Å²) < 4.78 is 103. The Kier molecular flexibility index (Phi) is 4.78. The first kappa shape index (κ1) is 19.2. The fourth-order valence-corrected chi connectivity index (χ4v) is 5.69. The maximum atomic E-state index is 9.45. The highest BCUT2D eigenvalue weighted by atomic mass is 16.3. The van der Waals surface area contributed by atoms with Crippen LogP contribution in [-0.2, 0) is 0 Å². The molecule has 0 atom stereocenters. The molecule has 7 aromatic carbocycles. The van der Waals surface area contributed by atoms with Crippen molar-refractivity contribution in [3.8, 4) is 67.5 Å². The Labute approximate surface area is 299 Å². The summed E-state index contributed by atoms with van der Waals surface area (Å²) in [5.41, 5.74) is 3.30. The van der Waals surface area contributed by atoms with Crippen LogP contribution in [0.1, 0.15) is 15.1 Å². The lowest BCUT2D eigenvalue weighted by Gasteiger charge is -2.10. The SMILES string of the molecule is [2H]c1c([2H])c([2H])c(-c2c([2H])c([2H])c3oc4c([2H])c(-c5nc(-c6cccc(-c7ccccc7)c6)nc(-c6cccc(-c7ccccc7)c6)n5)c([2H])c([2H])c4c3c2[2H])c([2H])c1[2H]. The highest BCUT2D eigenvalue weighted by molar-refractivity contribution is 6.07. The minimum atomic E-state index is -0.684. The molecule has 0 aliphatic rings. The van der Waals surface area contributed by atoms with E-state index < -0.39 is 77.6 Å². The first-order chi connectivity index (χ1) is 28.8. The van der Waals surface area contributed by atoms with Gasteiger partial charge in [0, 0.05) is 27.5 Å². The number of nitrogens with zero attached hydrogens (tertiary/aromatic N) is 3. The molecular formula is C45H29N3O. The third-order valence-corrected chi connectivity index (χ3v) is 8.08. The maximum Gasteiger partial charge on any atom is 0.164 e. The van der Waals surface area contributed by atoms with Crippen molar-refractivity contribution < 1.29 is 19.5 Å². The van der Waals surface area contributed by atoms with Crippen molar-refractivity contribution in [2.75, 3.05) is 0 Å². The summed E-state index contributed by atoms with van der Waals surface area (Å²) in [6, 6.07) is 28.2. The molecule has 0 saturated heterocycles. The summed E-state index contributed by atoms with van der Waals surface area (Å²) in [6.07, 6.45) is 0. The van der Waals surface area contributed by atoms with Crippen molar-refractivity contribution in [1.29, 1.82) is 0 Å². The lowest BCUT2D eigenvalue weighted by molar-refractivity contribution is 0.669. The molecule has 0 amide bonds. The van der Waals surface area contributed by atoms with Crippen molar-refractivity contribution in [3.63, 3.8) is 0 Å². The van der Waals surface area contributed by atoms with Gasteiger partial charge in [-0.2, -0.15) is 0 Å². The summed E-state index contributed by atoms with van der Waals surface area (Å²) >= 11 is 0. The smallest absolute Gasteiger partial charge is 0.164 e. The first-order valence-corrected chi connectivity index (χ1v) is 15.5. The monoisotopic (exact) mass is 638 g/mol. The van der Waals surface area contributed by atoms with Gasteiger partial charge in [0.25, 0.3) is 0 Å². The van der Waals surface area contributed by atoms with E-state index in [4.69, 9.17) is 29.0 Å². The van der Waals surface area contributed by atoms with Crippen molar-refractivity contribution in [2.45, 2.75) is 0 Å². The average Bonchev–Trinajstić information content (AvgIpc) is 3.70. The number of fused-ring (bicyclic) bond motifs is 3. The molecule has 0 spiro atoms. The molecule has 4 heteroatoms. The van der Waals surface area contributed by atoms with Gasteiger partial charge in [0.05, 0.1) is 15.1 Å². The zero-order valence-electron chi connectivity index (χ0n) is 36.6. The van der Waals surface area contributed by atoms with E-state index in [0.29, 0.717) is 11.1 Å². The van der Waals surface area contributed by atoms with Gasteiger partial charge in [-0.15, -0.1) is 0 Å². The van der Waals surface area contributed by atoms with E-state index in [9.17, 15) is 5.48 Å². The molecule has 0 aliphatic carbocycles. The van der Waals surface area contributed by atoms with E-state index in [1.54, 1.807) is 0 Å². The third kappa shape index (κ3) is 5.56. The Morgan fingerprint density at radius 2 is 0.898 bits per heavy atom. The minimum absolute atomic E-state index is 0.103. The summed E-state index contributed by atoms with van der Waals surface area (Å²) in [4.78, 5) is 14.5. The summed E-state index contributed by atoms with van der Waals surface area (Å²) in [7, 11) is 0. The number of furan rings is 1. The number of rotatable bonds is 6. The molecule has 4 nitrogen and oxygen atoms in total. The standard InChI is InChI=1S/C45H29N3O/c1-4-12-30(13-5-1)33-18-10-20-36(26-33)43-46-44(37-21-11-19-34(27-37)31-14-6-2-7-15-31)48-45(47-43)38-22-24-39-40-28-35(32-16-8-3-9-17-32)23-25-41(40)49-42(39)29-38/h1-29H/i3D,8D,9D,16D,17D,22D,23D,24D,25D,28D,29D. The Morgan fingerprint density at radius 1 is 0.367 bits per heavy atom. The molecule has 9 aromatic rings. The molecule has 0 fully saturated rings. The molecular weight excluding hydrogens is 599 g/mol. The zero-order chi connectivity index (χ0) is 42.1. The molecule has 0 N–H and O–H groups in total. The van der Waals surface area contributed by atoms with Crippen LogP contribution in [0.3, 0.4) is 0 Å². The molecule has 49 heavy (non-hydrogen) atoms. The van der Waals surface area contributed by atoms with E-state index in [1.807, 2.05) is 109 Å². The van der Waals surface area contributed by atoms with Crippen molar-refractivity contribution in [1.82, 2.24) is 15.0 Å². The Morgan fingerprint density at radius 3 is 1.51 bits per heavy atom. The molecule has 2 heterocycles. The highest BCUT2D eigenvalue weighted by Gasteiger charge is 2.16. The molecule has 0 radical (unpaired) electrons. The van der Waals surface area contributed by atoms with Gasteiger partial charge >= 0.3 is 0 Å². The summed E-state index contributed by atoms with van der Waals surface area (Å²) in [5.74, 6) is 0.364. The van der Waals surface area contributed by atoms with Gasteiger partial charge in [0.15, 0.2) is 17.5 Å². The number of hydrogen-bond acceptors (Lipinski definition) is 4. The number of hydrogen-bond donors (Lipinski definition) is 0. The van der Waals surface area contributed by atoms with Gasteiger partial charge in [0.1, 0.15) is 11.2 Å². The van der Waals surface area contributed by atoms with Crippen LogP contribution in [0.15, 0.2) is 180 Å². The maximum absolute atomic E-state index is 9.45. The van der Waals surface area contributed by atoms with Crippen LogP contribution in [0.25, 0.3) is 89.5 Å². The normalized spacial score (nSPS) is 14.4. The van der Waals surface area contributed by atoms with Gasteiger partial charge in [-0.3, -0.25) is 0 Å². The molecule has 230 valence electrons. The first-order valence-electron chi connectivity index (χ1n) is 21.0. The van der Waals surface area contributed by atoms with Crippen LogP contribution in [0.4, 0.5) is 0 Å². The van der Waals surface area contributed by atoms with E-state index in [0.717, 1.165) is 22.3 Å². The highest BCUT2D eigenvalue weighted by Crippen LogP contribution is 2.35. The molecule has 0 aliphatic heterocycles. The molecule has 0 saturated carbocycles. The van der Waals surface area contributed by atoms with Crippen LogP contribution in [0.5, 0.6) is 0 Å². The van der Waals surface area contributed by atoms with E-state index in [1.165, 1.54) is 0 Å². The Hall–Kier alpha value is -6.65. The average molecular weight is 639 g/mol. The molecule has 0 unspecified atom stereocenters. The Bertz CT molecular complexity index is 3100. The molecule has 0 bridgehead atoms. The summed E-state index contributed by atoms with van der Waals surface area (Å²) in [5, 5.41) is -0.393. The van der Waals surface area contributed by atoms with Gasteiger partial charge in [-0.1, -0.05) is 139 Å². The summed E-state index contributed by atoms with van der Waals surface area (Å²) in [6.45, 7) is 0. The second-order valence-electron chi connectivity index (χ2n) is 11.2. The van der Waals surface area contributed by atoms with E-state index in [2.05, 4.69) is 0 Å². The second-order valence-corrected chi connectivity index (χ2v) is 11.2. The largest absolute Gasteiger partial charge is 0.456 e. The zero-order valence-corrected chi connectivity index (χ0v) is 25.6. The third-order valence-electron chi connectivity index (χ3n) is 8.08. The fourth-order valence-electron chi connectivity index (χ4n) is 5.69. The van der Waals surface area contributed by atoms with E-state index in [-0.39, 0.29) is 45.0 Å². The van der Waals surface area contributed by atoms with Crippen molar-refractivity contribution >= 4 is 21.9 Å². The van der Waals surface area contributed by atoms with Crippen LogP contribution >= 0.6 is 0 Å². The van der Waals surface area contributed by atoms with Gasteiger partial charge < -0.3 is 4.42 Å². The second kappa shape index (κ2) is 12.2. The topological polar surface area (TPSA) is 51.8 Å². The predicted molar refractivity (Wildman–Crippen MR) is 200 cm³/mol. The van der Waals surface area contributed by atoms with Gasteiger partial charge in [-0.25, -0.2) is 15.0 Å². The lowest BCUT2D eigenvalue weighted by Crippen LogP contribution is -2.00. The molecule has 2 aromatic heterocycles. The van der Waals surface area contributed by atoms with Crippen LogP contribution < -0.4 is 0 Å². The molecule has 9 rings (SSSR count). The van der Waals surface area contributed by atoms with Crippen molar-refractivity contribution in [3.05, 3.63) is 176 Å². The minimum Gasteiger partial charge on any atom is -0.456 e. The quantitative estimate of drug-likeness (QED) is 0.182. The fraction of sp³-hybridized carbons (Fsp3) is 0. The van der Waals surface area contributed by atoms with Crippen LogP contribution in [-0.4, -0.2) is 15.0 Å². The van der Waals surface area contributed by atoms with Gasteiger partial charge in [0.2, 0.25) is 0 Å². The number of aromatic nitrogens is 3. The van der Waals surface area contributed by atoms with Gasteiger partial charge in [-0.05, 0) is 69.7 Å². The lowest BCUT2D eigenvalue weighted by atomic mass is 10.0. The Balaban J connectivity index is 1.30. The number of benzene rings is 7. The van der Waals surface area contributed by atoms with Crippen LogP contribution in [0.2, 0.25) is 0 Å². The van der Waals surface area contributed by atoms with Crippen LogP contribution in [0, 0.1) is 0 Å². The predicted octanol–water partition coefficient (Wildman–Crippen LogP) is 11.8.